The van der Waals surface area contributed by atoms with Gasteiger partial charge in [0.25, 0.3) is 0 Å². The monoisotopic (exact) mass is 258 g/mol. The number of hydrogen-bond acceptors (Lipinski definition) is 4. The Hall–Kier alpha value is -2.49. The Bertz CT molecular complexity index is 564. The van der Waals surface area contributed by atoms with Crippen LogP contribution in [0.5, 0.6) is 11.5 Å². The average Bonchev–Trinajstić information content (AvgIpc) is 2.45. The summed E-state index contributed by atoms with van der Waals surface area (Å²) in [5, 5.41) is 9.33. The van der Waals surface area contributed by atoms with Crippen molar-refractivity contribution in [2.75, 3.05) is 7.11 Å². The Balaban J connectivity index is 2.08. The summed E-state index contributed by atoms with van der Waals surface area (Å²) in [5.74, 6) is -0.157. The van der Waals surface area contributed by atoms with Crippen molar-refractivity contribution in [3.8, 4) is 11.5 Å². The molecule has 0 radical (unpaired) electrons. The number of phenols is 1. The quantitative estimate of drug-likeness (QED) is 0.857. The van der Waals surface area contributed by atoms with Crippen LogP contribution in [0.25, 0.3) is 0 Å². The molecule has 0 aromatic heterocycles. The molecule has 0 unspecified atom stereocenters. The van der Waals surface area contributed by atoms with E-state index in [1.54, 1.807) is 0 Å². The number of esters is 1. The van der Waals surface area contributed by atoms with Gasteiger partial charge in [0.05, 0.1) is 7.11 Å². The molecule has 2 aromatic carbocycles. The molecule has 98 valence electrons. The number of carbonyl (C=O) groups excluding carboxylic acids is 1. The molecular formula is C15H14O4. The fraction of sp³-hybridized carbons (Fsp3) is 0.133. The Labute approximate surface area is 111 Å². The minimum Gasteiger partial charge on any atom is -0.508 e. The molecule has 19 heavy (non-hydrogen) atoms. The maximum absolute atomic E-state index is 11.9. The normalized spacial score (nSPS) is 9.95. The van der Waals surface area contributed by atoms with Crippen LogP contribution in [0, 0.1) is 0 Å². The van der Waals surface area contributed by atoms with Gasteiger partial charge in [0.15, 0.2) is 0 Å². The van der Waals surface area contributed by atoms with Crippen LogP contribution < -0.4 is 4.74 Å². The zero-order valence-electron chi connectivity index (χ0n) is 10.5. The lowest BCUT2D eigenvalue weighted by Gasteiger charge is -2.09. The highest BCUT2D eigenvalue weighted by molar-refractivity contribution is 5.92. The number of hydrogen-bond donors (Lipinski definition) is 1. The Morgan fingerprint density at radius 1 is 1.16 bits per heavy atom. The first-order valence-electron chi connectivity index (χ1n) is 5.79. The SMILES string of the molecule is COc1cc(O)ccc1C(=O)OCc1ccccc1. The minimum atomic E-state index is -0.485. The second-order valence-electron chi connectivity index (χ2n) is 3.95. The molecule has 0 aliphatic rings. The van der Waals surface area contributed by atoms with Crippen molar-refractivity contribution in [3.63, 3.8) is 0 Å². The molecule has 1 N–H and O–H groups in total. The number of carbonyl (C=O) groups is 1. The van der Waals surface area contributed by atoms with Crippen LogP contribution in [-0.2, 0) is 11.3 Å². The molecule has 0 fully saturated rings. The molecular weight excluding hydrogens is 244 g/mol. The molecule has 0 saturated heterocycles. The summed E-state index contributed by atoms with van der Waals surface area (Å²) in [6.45, 7) is 0.198. The molecule has 0 aliphatic heterocycles. The zero-order valence-corrected chi connectivity index (χ0v) is 10.5. The van der Waals surface area contributed by atoms with Gasteiger partial charge in [-0.15, -0.1) is 0 Å². The number of benzene rings is 2. The molecule has 0 saturated carbocycles. The van der Waals surface area contributed by atoms with Crippen LogP contribution in [0.4, 0.5) is 0 Å². The highest BCUT2D eigenvalue weighted by Gasteiger charge is 2.14. The molecule has 0 spiro atoms. The molecule has 4 heteroatoms. The van der Waals surface area contributed by atoms with E-state index in [4.69, 9.17) is 9.47 Å². The predicted molar refractivity (Wildman–Crippen MR) is 70.2 cm³/mol. The first-order valence-corrected chi connectivity index (χ1v) is 5.79. The minimum absolute atomic E-state index is 0.0384. The fourth-order valence-electron chi connectivity index (χ4n) is 1.65. The van der Waals surface area contributed by atoms with E-state index in [9.17, 15) is 9.90 Å². The number of ether oxygens (including phenoxy) is 2. The number of methoxy groups -OCH3 is 1. The van der Waals surface area contributed by atoms with Crippen molar-refractivity contribution in [2.45, 2.75) is 6.61 Å². The maximum Gasteiger partial charge on any atom is 0.342 e. The van der Waals surface area contributed by atoms with E-state index in [2.05, 4.69) is 0 Å². The second-order valence-corrected chi connectivity index (χ2v) is 3.95. The maximum atomic E-state index is 11.9. The first kappa shape index (κ1) is 13.0. The predicted octanol–water partition coefficient (Wildman–Crippen LogP) is 2.76. The van der Waals surface area contributed by atoms with E-state index < -0.39 is 5.97 Å². The lowest BCUT2D eigenvalue weighted by Crippen LogP contribution is -2.07. The van der Waals surface area contributed by atoms with Gasteiger partial charge in [0.1, 0.15) is 23.7 Å². The van der Waals surface area contributed by atoms with Crippen molar-refractivity contribution in [2.24, 2.45) is 0 Å². The first-order chi connectivity index (χ1) is 9.20. The third-order valence-corrected chi connectivity index (χ3v) is 2.62. The van der Waals surface area contributed by atoms with Gasteiger partial charge in [-0.05, 0) is 17.7 Å². The molecule has 0 amide bonds. The number of rotatable bonds is 4. The highest BCUT2D eigenvalue weighted by atomic mass is 16.5. The Morgan fingerprint density at radius 3 is 2.58 bits per heavy atom. The summed E-state index contributed by atoms with van der Waals surface area (Å²) in [7, 11) is 1.43. The summed E-state index contributed by atoms with van der Waals surface area (Å²) in [5.41, 5.74) is 1.20. The molecule has 0 heterocycles. The fourth-order valence-corrected chi connectivity index (χ4v) is 1.65. The van der Waals surface area contributed by atoms with Crippen LogP contribution in [0.3, 0.4) is 0 Å². The summed E-state index contributed by atoms with van der Waals surface area (Å²) in [6.07, 6.45) is 0. The molecule has 2 aromatic rings. The summed E-state index contributed by atoms with van der Waals surface area (Å²) < 4.78 is 10.2. The van der Waals surface area contributed by atoms with E-state index in [1.165, 1.54) is 25.3 Å². The summed E-state index contributed by atoms with van der Waals surface area (Å²) in [6, 6.07) is 13.7. The molecule has 0 atom stereocenters. The lowest BCUT2D eigenvalue weighted by molar-refractivity contribution is 0.0469. The van der Waals surface area contributed by atoms with E-state index >= 15 is 0 Å². The van der Waals surface area contributed by atoms with Crippen molar-refractivity contribution in [1.29, 1.82) is 0 Å². The van der Waals surface area contributed by atoms with Gasteiger partial charge >= 0.3 is 5.97 Å². The molecule has 4 nitrogen and oxygen atoms in total. The molecule has 2 rings (SSSR count). The van der Waals surface area contributed by atoms with Gasteiger partial charge in [-0.2, -0.15) is 0 Å². The van der Waals surface area contributed by atoms with Crippen LogP contribution in [-0.4, -0.2) is 18.2 Å². The summed E-state index contributed by atoms with van der Waals surface area (Å²) >= 11 is 0. The highest BCUT2D eigenvalue weighted by Crippen LogP contribution is 2.24. The van der Waals surface area contributed by atoms with Crippen molar-refractivity contribution >= 4 is 5.97 Å². The standard InChI is InChI=1S/C15H14O4/c1-18-14-9-12(16)7-8-13(14)15(17)19-10-11-5-3-2-4-6-11/h2-9,16H,10H2,1H3. The van der Waals surface area contributed by atoms with Gasteiger partial charge in [0, 0.05) is 6.07 Å². The summed E-state index contributed by atoms with van der Waals surface area (Å²) in [4.78, 5) is 11.9. The van der Waals surface area contributed by atoms with Crippen LogP contribution in [0.1, 0.15) is 15.9 Å². The van der Waals surface area contributed by atoms with E-state index in [1.807, 2.05) is 30.3 Å². The molecule has 0 bridgehead atoms. The van der Waals surface area contributed by atoms with Gasteiger partial charge in [0.2, 0.25) is 0 Å². The van der Waals surface area contributed by atoms with E-state index in [0.29, 0.717) is 0 Å². The van der Waals surface area contributed by atoms with Crippen molar-refractivity contribution in [3.05, 3.63) is 59.7 Å². The van der Waals surface area contributed by atoms with Gasteiger partial charge in [-0.1, -0.05) is 30.3 Å². The van der Waals surface area contributed by atoms with Crippen molar-refractivity contribution < 1.29 is 19.4 Å². The second kappa shape index (κ2) is 5.91. The third kappa shape index (κ3) is 3.25. The van der Waals surface area contributed by atoms with E-state index in [0.717, 1.165) is 5.56 Å². The van der Waals surface area contributed by atoms with Gasteiger partial charge in [-0.25, -0.2) is 4.79 Å². The molecule has 0 aliphatic carbocycles. The topological polar surface area (TPSA) is 55.8 Å². The van der Waals surface area contributed by atoms with Crippen LogP contribution in [0.2, 0.25) is 0 Å². The van der Waals surface area contributed by atoms with Crippen LogP contribution >= 0.6 is 0 Å². The van der Waals surface area contributed by atoms with E-state index in [-0.39, 0.29) is 23.7 Å². The van der Waals surface area contributed by atoms with Crippen molar-refractivity contribution in [1.82, 2.24) is 0 Å². The van der Waals surface area contributed by atoms with Gasteiger partial charge < -0.3 is 14.6 Å². The lowest BCUT2D eigenvalue weighted by atomic mass is 10.2. The third-order valence-electron chi connectivity index (χ3n) is 2.62. The smallest absolute Gasteiger partial charge is 0.342 e. The van der Waals surface area contributed by atoms with Gasteiger partial charge in [-0.3, -0.25) is 0 Å². The largest absolute Gasteiger partial charge is 0.508 e. The Morgan fingerprint density at radius 2 is 1.89 bits per heavy atom. The Kier molecular flexibility index (Phi) is 4.03. The number of phenolic OH excluding ortho intramolecular Hbond substituents is 1. The number of aromatic hydroxyl groups is 1. The van der Waals surface area contributed by atoms with Crippen LogP contribution in [0.15, 0.2) is 48.5 Å². The average molecular weight is 258 g/mol. The zero-order chi connectivity index (χ0) is 13.7.